The molecule has 1 aromatic carbocycles. The molecule has 0 saturated carbocycles. The molecule has 0 spiro atoms. The number of carboxylic acids is 1. The van der Waals surface area contributed by atoms with Crippen LogP contribution >= 0.6 is 0 Å². The molecule has 120 valence electrons. The molecule has 0 aliphatic carbocycles. The molecule has 1 saturated heterocycles. The number of aliphatic carboxylic acids is 1. The number of hydrogen-bond donors (Lipinski definition) is 1. The Labute approximate surface area is 126 Å². The van der Waals surface area contributed by atoms with Crippen molar-refractivity contribution in [3.8, 4) is 0 Å². The van der Waals surface area contributed by atoms with E-state index in [4.69, 9.17) is 5.11 Å². The average molecular weight is 331 g/mol. The lowest BCUT2D eigenvalue weighted by Gasteiger charge is -2.21. The Balaban J connectivity index is 2.40. The van der Waals surface area contributed by atoms with Gasteiger partial charge in [0.15, 0.2) is 0 Å². The van der Waals surface area contributed by atoms with Gasteiger partial charge in [-0.1, -0.05) is 0 Å². The summed E-state index contributed by atoms with van der Waals surface area (Å²) >= 11 is 0. The number of carbonyl (C=O) groups is 2. The number of carbonyl (C=O) groups excluding carboxylic acids is 1. The normalized spacial score (nSPS) is 19.1. The highest BCUT2D eigenvalue weighted by molar-refractivity contribution is 7.89. The van der Waals surface area contributed by atoms with E-state index in [0.29, 0.717) is 12.5 Å². The van der Waals surface area contributed by atoms with Gasteiger partial charge in [-0.2, -0.15) is 4.31 Å². The summed E-state index contributed by atoms with van der Waals surface area (Å²) in [6, 6.07) is 1.59. The van der Waals surface area contributed by atoms with Crippen molar-refractivity contribution < 1.29 is 32.2 Å². The van der Waals surface area contributed by atoms with Crippen LogP contribution in [0.15, 0.2) is 23.1 Å². The summed E-state index contributed by atoms with van der Waals surface area (Å²) in [4.78, 5) is 22.0. The van der Waals surface area contributed by atoms with E-state index in [1.165, 1.54) is 0 Å². The summed E-state index contributed by atoms with van der Waals surface area (Å²) in [5.41, 5.74) is -0.391. The van der Waals surface area contributed by atoms with Crippen LogP contribution in [0.4, 0.5) is 4.39 Å². The topological polar surface area (TPSA) is 101 Å². The van der Waals surface area contributed by atoms with Gasteiger partial charge in [-0.15, -0.1) is 0 Å². The Morgan fingerprint density at radius 1 is 1.41 bits per heavy atom. The molecule has 1 aliphatic rings. The van der Waals surface area contributed by atoms with Gasteiger partial charge in [0.25, 0.3) is 0 Å². The van der Waals surface area contributed by atoms with Crippen molar-refractivity contribution >= 4 is 22.0 Å². The van der Waals surface area contributed by atoms with Crippen LogP contribution in [0.2, 0.25) is 0 Å². The number of ether oxygens (including phenoxy) is 1. The summed E-state index contributed by atoms with van der Waals surface area (Å²) in [5.74, 6) is -3.21. The van der Waals surface area contributed by atoms with E-state index in [1.54, 1.807) is 0 Å². The molecule has 9 heteroatoms. The molecule has 0 bridgehead atoms. The molecule has 1 aliphatic heterocycles. The summed E-state index contributed by atoms with van der Waals surface area (Å²) < 4.78 is 43.9. The molecule has 0 amide bonds. The number of halogens is 1. The molecule has 0 aromatic heterocycles. The zero-order valence-corrected chi connectivity index (χ0v) is 12.5. The maximum absolute atomic E-state index is 13.9. The SMILES string of the molecule is COC(=O)c1ccc(S(=O)(=O)N2CCCC2C(=O)O)cc1F. The number of nitrogens with zero attached hydrogens (tertiary/aromatic N) is 1. The average Bonchev–Trinajstić information content (AvgIpc) is 2.96. The van der Waals surface area contributed by atoms with Gasteiger partial charge in [-0.05, 0) is 31.0 Å². The van der Waals surface area contributed by atoms with Gasteiger partial charge in [0.05, 0.1) is 17.6 Å². The van der Waals surface area contributed by atoms with Crippen LogP contribution in [-0.4, -0.2) is 49.5 Å². The van der Waals surface area contributed by atoms with Crippen molar-refractivity contribution in [3.63, 3.8) is 0 Å². The van der Waals surface area contributed by atoms with Crippen molar-refractivity contribution in [3.05, 3.63) is 29.6 Å². The third-order valence-electron chi connectivity index (χ3n) is 3.44. The molecule has 1 heterocycles. The predicted molar refractivity (Wildman–Crippen MR) is 72.3 cm³/mol. The Kier molecular flexibility index (Phi) is 4.47. The van der Waals surface area contributed by atoms with E-state index < -0.39 is 44.3 Å². The fourth-order valence-corrected chi connectivity index (χ4v) is 4.01. The van der Waals surface area contributed by atoms with Gasteiger partial charge in [0.1, 0.15) is 11.9 Å². The molecule has 1 N–H and O–H groups in total. The quantitative estimate of drug-likeness (QED) is 0.821. The van der Waals surface area contributed by atoms with Gasteiger partial charge in [0, 0.05) is 6.54 Å². The first-order chi connectivity index (χ1) is 10.3. The summed E-state index contributed by atoms with van der Waals surface area (Å²) in [7, 11) is -3.07. The van der Waals surface area contributed by atoms with Crippen LogP contribution in [0.5, 0.6) is 0 Å². The lowest BCUT2D eigenvalue weighted by molar-refractivity contribution is -0.140. The minimum atomic E-state index is -4.14. The van der Waals surface area contributed by atoms with Crippen molar-refractivity contribution in [2.75, 3.05) is 13.7 Å². The number of sulfonamides is 1. The van der Waals surface area contributed by atoms with Gasteiger partial charge < -0.3 is 9.84 Å². The number of benzene rings is 1. The van der Waals surface area contributed by atoms with Gasteiger partial charge >= 0.3 is 11.9 Å². The fourth-order valence-electron chi connectivity index (χ4n) is 2.34. The van der Waals surface area contributed by atoms with Crippen LogP contribution in [0, 0.1) is 5.82 Å². The van der Waals surface area contributed by atoms with Crippen molar-refractivity contribution in [1.82, 2.24) is 4.31 Å². The lowest BCUT2D eigenvalue weighted by Crippen LogP contribution is -2.40. The minimum absolute atomic E-state index is 0.0552. The maximum atomic E-state index is 13.9. The minimum Gasteiger partial charge on any atom is -0.480 e. The molecule has 1 aromatic rings. The predicted octanol–water partition coefficient (Wildman–Crippen LogP) is 0.850. The molecule has 1 atom stereocenters. The molecule has 1 unspecified atom stereocenters. The van der Waals surface area contributed by atoms with Gasteiger partial charge in [0.2, 0.25) is 10.0 Å². The number of hydrogen-bond acceptors (Lipinski definition) is 5. The Morgan fingerprint density at radius 3 is 2.64 bits per heavy atom. The summed E-state index contributed by atoms with van der Waals surface area (Å²) in [6.07, 6.45) is 0.621. The lowest BCUT2D eigenvalue weighted by atomic mass is 10.2. The van der Waals surface area contributed by atoms with Crippen LogP contribution in [0.25, 0.3) is 0 Å². The molecular weight excluding hydrogens is 317 g/mol. The Morgan fingerprint density at radius 2 is 2.09 bits per heavy atom. The highest BCUT2D eigenvalue weighted by Crippen LogP contribution is 2.27. The number of rotatable bonds is 4. The zero-order chi connectivity index (χ0) is 16.5. The Bertz CT molecular complexity index is 717. The number of methoxy groups -OCH3 is 1. The van der Waals surface area contributed by atoms with E-state index >= 15 is 0 Å². The molecule has 2 rings (SSSR count). The third kappa shape index (κ3) is 2.81. The zero-order valence-electron chi connectivity index (χ0n) is 11.7. The molecule has 1 fully saturated rings. The first kappa shape index (κ1) is 16.4. The molecular formula is C13H14FNO6S. The summed E-state index contributed by atoms with van der Waals surface area (Å²) in [6.45, 7) is 0.0552. The molecule has 7 nitrogen and oxygen atoms in total. The van der Waals surface area contributed by atoms with Gasteiger partial charge in [-0.25, -0.2) is 17.6 Å². The van der Waals surface area contributed by atoms with E-state index in [1.807, 2.05) is 0 Å². The second-order valence-corrected chi connectivity index (χ2v) is 6.64. The molecule has 22 heavy (non-hydrogen) atoms. The number of carboxylic acid groups (broad SMARTS) is 1. The second-order valence-electron chi connectivity index (χ2n) is 4.75. The van der Waals surface area contributed by atoms with Gasteiger partial charge in [-0.3, -0.25) is 4.79 Å². The smallest absolute Gasteiger partial charge is 0.340 e. The van der Waals surface area contributed by atoms with E-state index in [0.717, 1.165) is 23.5 Å². The van der Waals surface area contributed by atoms with Crippen molar-refractivity contribution in [2.24, 2.45) is 0 Å². The van der Waals surface area contributed by atoms with E-state index in [9.17, 15) is 22.4 Å². The first-order valence-electron chi connectivity index (χ1n) is 6.41. The third-order valence-corrected chi connectivity index (χ3v) is 5.35. The largest absolute Gasteiger partial charge is 0.480 e. The van der Waals surface area contributed by atoms with E-state index in [-0.39, 0.29) is 13.0 Å². The number of esters is 1. The second kappa shape index (κ2) is 6.01. The van der Waals surface area contributed by atoms with E-state index in [2.05, 4.69) is 4.74 Å². The van der Waals surface area contributed by atoms with Crippen molar-refractivity contribution in [2.45, 2.75) is 23.8 Å². The molecule has 0 radical (unpaired) electrons. The van der Waals surface area contributed by atoms with Crippen LogP contribution in [0.1, 0.15) is 23.2 Å². The maximum Gasteiger partial charge on any atom is 0.340 e. The fraction of sp³-hybridized carbons (Fsp3) is 0.385. The highest BCUT2D eigenvalue weighted by Gasteiger charge is 2.39. The Hall–Kier alpha value is -2.00. The summed E-state index contributed by atoms with van der Waals surface area (Å²) in [5, 5.41) is 9.06. The monoisotopic (exact) mass is 331 g/mol. The standard InChI is InChI=1S/C13H14FNO6S/c1-21-13(18)9-5-4-8(7-10(9)14)22(19,20)15-6-2-3-11(15)12(16)17/h4-5,7,11H,2-3,6H2,1H3,(H,16,17). The van der Waals surface area contributed by atoms with Crippen LogP contribution < -0.4 is 0 Å². The van der Waals surface area contributed by atoms with Crippen molar-refractivity contribution in [1.29, 1.82) is 0 Å². The van der Waals surface area contributed by atoms with Crippen LogP contribution in [0.3, 0.4) is 0 Å². The highest BCUT2D eigenvalue weighted by atomic mass is 32.2. The van der Waals surface area contributed by atoms with Crippen LogP contribution in [-0.2, 0) is 19.6 Å². The first-order valence-corrected chi connectivity index (χ1v) is 7.85.